The molecule has 0 spiro atoms. The molecule has 0 aliphatic heterocycles. The van der Waals surface area contributed by atoms with E-state index in [2.05, 4.69) is 6.58 Å². The van der Waals surface area contributed by atoms with E-state index in [1.807, 2.05) is 12.1 Å². The second-order valence-electron chi connectivity index (χ2n) is 2.20. The highest BCUT2D eigenvalue weighted by Gasteiger charge is 1.98. The molecule has 1 aromatic rings. The van der Waals surface area contributed by atoms with Crippen LogP contribution in [0.25, 0.3) is 11.6 Å². The van der Waals surface area contributed by atoms with Gasteiger partial charge in [0.15, 0.2) is 0 Å². The van der Waals surface area contributed by atoms with Crippen LogP contribution in [-0.4, -0.2) is 0 Å². The van der Waals surface area contributed by atoms with Crippen LogP contribution in [0.3, 0.4) is 0 Å². The van der Waals surface area contributed by atoms with Gasteiger partial charge in [-0.1, -0.05) is 12.7 Å². The molecule has 0 aliphatic rings. The fraction of sp³-hybridized carbons (Fsp3) is 0.111. The third-order valence-corrected chi connectivity index (χ3v) is 2.60. The van der Waals surface area contributed by atoms with Crippen LogP contribution in [0.1, 0.15) is 16.7 Å². The predicted molar refractivity (Wildman–Crippen MR) is 49.2 cm³/mol. The van der Waals surface area contributed by atoms with Gasteiger partial charge in [-0.2, -0.15) is 0 Å². The van der Waals surface area contributed by atoms with Gasteiger partial charge in [-0.3, -0.25) is 0 Å². The molecule has 0 saturated heterocycles. The highest BCUT2D eigenvalue weighted by molar-refractivity contribution is 7.13. The average Bonchev–Trinajstić information content (AvgIpc) is 2.50. The molecular formula is C9H9FS. The molecular weight excluding hydrogens is 159 g/mol. The molecule has 1 heterocycles. The van der Waals surface area contributed by atoms with E-state index in [0.29, 0.717) is 11.9 Å². The molecule has 0 saturated carbocycles. The lowest BCUT2D eigenvalue weighted by Gasteiger charge is -1.89. The van der Waals surface area contributed by atoms with Crippen molar-refractivity contribution >= 4 is 23.0 Å². The van der Waals surface area contributed by atoms with E-state index >= 15 is 0 Å². The summed E-state index contributed by atoms with van der Waals surface area (Å²) in [5, 5.41) is 0. The largest absolute Gasteiger partial charge is 0.215 e. The van der Waals surface area contributed by atoms with Gasteiger partial charge in [0.1, 0.15) is 0 Å². The Labute approximate surface area is 69.7 Å². The number of hydrogen-bond donors (Lipinski definition) is 0. The van der Waals surface area contributed by atoms with Crippen LogP contribution in [0.15, 0.2) is 25.0 Å². The molecule has 11 heavy (non-hydrogen) atoms. The van der Waals surface area contributed by atoms with Crippen LogP contribution in [0.4, 0.5) is 4.39 Å². The minimum atomic E-state index is 0.624. The average molecular weight is 168 g/mol. The van der Waals surface area contributed by atoms with Crippen LogP contribution >= 0.6 is 11.3 Å². The van der Waals surface area contributed by atoms with Crippen LogP contribution < -0.4 is 0 Å². The number of rotatable bonds is 2. The Morgan fingerprint density at radius 1 is 1.64 bits per heavy atom. The SMILES string of the molecule is C=Cc1ccc(/C(C)=C\F)s1. The van der Waals surface area contributed by atoms with E-state index in [0.717, 1.165) is 9.75 Å². The summed E-state index contributed by atoms with van der Waals surface area (Å²) in [6.07, 6.45) is 2.39. The number of halogens is 1. The fourth-order valence-corrected chi connectivity index (χ4v) is 1.54. The Morgan fingerprint density at radius 3 is 2.82 bits per heavy atom. The van der Waals surface area contributed by atoms with Crippen molar-refractivity contribution in [2.75, 3.05) is 0 Å². The van der Waals surface area contributed by atoms with Crippen LogP contribution in [-0.2, 0) is 0 Å². The summed E-state index contributed by atoms with van der Waals surface area (Å²) in [6, 6.07) is 3.83. The summed E-state index contributed by atoms with van der Waals surface area (Å²) in [5.74, 6) is 0. The molecule has 0 nitrogen and oxygen atoms in total. The summed E-state index contributed by atoms with van der Waals surface area (Å²) in [4.78, 5) is 2.03. The van der Waals surface area contributed by atoms with Crippen molar-refractivity contribution in [1.29, 1.82) is 0 Å². The predicted octanol–water partition coefficient (Wildman–Crippen LogP) is 3.72. The van der Waals surface area contributed by atoms with Gasteiger partial charge in [-0.15, -0.1) is 11.3 Å². The summed E-state index contributed by atoms with van der Waals surface area (Å²) < 4.78 is 12.0. The van der Waals surface area contributed by atoms with Gasteiger partial charge >= 0.3 is 0 Å². The highest BCUT2D eigenvalue weighted by Crippen LogP contribution is 2.24. The number of allylic oxidation sites excluding steroid dienone is 1. The standard InChI is InChI=1S/C9H9FS/c1-3-8-4-5-9(11-8)7(2)6-10/h3-6H,1H2,2H3/b7-6-. The first-order chi connectivity index (χ1) is 5.27. The van der Waals surface area contributed by atoms with Crippen molar-refractivity contribution in [3.8, 4) is 0 Å². The van der Waals surface area contributed by atoms with Crippen molar-refractivity contribution in [3.63, 3.8) is 0 Å². The molecule has 0 aliphatic carbocycles. The van der Waals surface area contributed by atoms with E-state index in [4.69, 9.17) is 0 Å². The lowest BCUT2D eigenvalue weighted by atomic mass is 10.3. The topological polar surface area (TPSA) is 0 Å². The molecule has 1 aromatic heterocycles. The van der Waals surface area contributed by atoms with Crippen molar-refractivity contribution in [2.45, 2.75) is 6.92 Å². The van der Waals surface area contributed by atoms with Gasteiger partial charge in [-0.05, 0) is 24.6 Å². The normalized spacial score (nSPS) is 11.6. The molecule has 1 rings (SSSR count). The van der Waals surface area contributed by atoms with E-state index in [-0.39, 0.29) is 0 Å². The maximum Gasteiger partial charge on any atom is 0.0910 e. The molecule has 0 atom stereocenters. The molecule has 0 bridgehead atoms. The van der Waals surface area contributed by atoms with Crippen molar-refractivity contribution in [2.24, 2.45) is 0 Å². The first-order valence-electron chi connectivity index (χ1n) is 3.27. The Bertz CT molecular complexity index is 284. The van der Waals surface area contributed by atoms with Gasteiger partial charge in [0, 0.05) is 9.75 Å². The van der Waals surface area contributed by atoms with E-state index < -0.39 is 0 Å². The van der Waals surface area contributed by atoms with Gasteiger partial charge in [-0.25, -0.2) is 4.39 Å². The molecule has 0 N–H and O–H groups in total. The zero-order valence-electron chi connectivity index (χ0n) is 6.30. The Hall–Kier alpha value is -0.890. The van der Waals surface area contributed by atoms with E-state index in [9.17, 15) is 4.39 Å². The van der Waals surface area contributed by atoms with Crippen LogP contribution in [0.2, 0.25) is 0 Å². The zero-order chi connectivity index (χ0) is 8.27. The lowest BCUT2D eigenvalue weighted by molar-refractivity contribution is 0.723. The molecule has 0 fully saturated rings. The minimum Gasteiger partial charge on any atom is -0.215 e. The smallest absolute Gasteiger partial charge is 0.0910 e. The summed E-state index contributed by atoms with van der Waals surface area (Å²) >= 11 is 1.54. The Morgan fingerprint density at radius 2 is 2.36 bits per heavy atom. The fourth-order valence-electron chi connectivity index (χ4n) is 0.728. The highest BCUT2D eigenvalue weighted by atomic mass is 32.1. The molecule has 0 radical (unpaired) electrons. The molecule has 0 unspecified atom stereocenters. The van der Waals surface area contributed by atoms with Crippen molar-refractivity contribution in [1.82, 2.24) is 0 Å². The summed E-state index contributed by atoms with van der Waals surface area (Å²) in [6.45, 7) is 5.38. The summed E-state index contributed by atoms with van der Waals surface area (Å²) in [5.41, 5.74) is 0.670. The Balaban J connectivity index is 2.97. The maximum atomic E-state index is 12.0. The third kappa shape index (κ3) is 1.77. The third-order valence-electron chi connectivity index (χ3n) is 1.38. The van der Waals surface area contributed by atoms with E-state index in [1.54, 1.807) is 13.0 Å². The van der Waals surface area contributed by atoms with Crippen LogP contribution in [0.5, 0.6) is 0 Å². The van der Waals surface area contributed by atoms with Crippen LogP contribution in [0, 0.1) is 0 Å². The van der Waals surface area contributed by atoms with Gasteiger partial charge in [0.2, 0.25) is 0 Å². The first kappa shape index (κ1) is 8.21. The monoisotopic (exact) mass is 168 g/mol. The maximum absolute atomic E-state index is 12.0. The quantitative estimate of drug-likeness (QED) is 0.631. The second-order valence-corrected chi connectivity index (χ2v) is 3.31. The summed E-state index contributed by atoms with van der Waals surface area (Å²) in [7, 11) is 0. The molecule has 2 heteroatoms. The molecule has 0 aromatic carbocycles. The first-order valence-corrected chi connectivity index (χ1v) is 4.09. The van der Waals surface area contributed by atoms with Gasteiger partial charge < -0.3 is 0 Å². The van der Waals surface area contributed by atoms with Gasteiger partial charge in [0.25, 0.3) is 0 Å². The number of hydrogen-bond acceptors (Lipinski definition) is 1. The van der Waals surface area contributed by atoms with Crippen molar-refractivity contribution in [3.05, 3.63) is 34.8 Å². The Kier molecular flexibility index (Phi) is 2.60. The van der Waals surface area contributed by atoms with Gasteiger partial charge in [0.05, 0.1) is 6.33 Å². The lowest BCUT2D eigenvalue weighted by Crippen LogP contribution is -1.65. The zero-order valence-corrected chi connectivity index (χ0v) is 7.12. The van der Waals surface area contributed by atoms with Crippen molar-refractivity contribution < 1.29 is 4.39 Å². The molecule has 0 amide bonds. The van der Waals surface area contributed by atoms with E-state index in [1.165, 1.54) is 11.3 Å². The minimum absolute atomic E-state index is 0.624. The molecule has 58 valence electrons. The number of thiophene rings is 1. The second kappa shape index (κ2) is 3.49.